The van der Waals surface area contributed by atoms with E-state index in [1.54, 1.807) is 0 Å². The molecule has 20 heavy (non-hydrogen) atoms. The summed E-state index contributed by atoms with van der Waals surface area (Å²) >= 11 is 4.96. The van der Waals surface area contributed by atoms with E-state index >= 15 is 0 Å². The van der Waals surface area contributed by atoms with Gasteiger partial charge in [-0.1, -0.05) is 15.9 Å². The Labute approximate surface area is 133 Å². The van der Waals surface area contributed by atoms with Crippen LogP contribution in [0.25, 0.3) is 0 Å². The fraction of sp³-hybridized carbons (Fsp3) is 0.533. The zero-order valence-electron chi connectivity index (χ0n) is 11.9. The summed E-state index contributed by atoms with van der Waals surface area (Å²) in [5.74, 6) is 0.670. The second kappa shape index (κ2) is 6.85. The molecule has 2 N–H and O–H groups in total. The number of amides is 1. The molecule has 1 saturated heterocycles. The number of nitrogens with two attached hydrogens (primary N) is 1. The number of anilines is 1. The maximum Gasteiger partial charge on any atom is 0.233 e. The highest BCUT2D eigenvalue weighted by atomic mass is 79.9. The Hall–Kier alpha value is -0.680. The Morgan fingerprint density at radius 1 is 1.40 bits per heavy atom. The number of piperidine rings is 1. The fourth-order valence-corrected chi connectivity index (χ4v) is 4.15. The zero-order valence-corrected chi connectivity index (χ0v) is 14.3. The molecule has 2 unspecified atom stereocenters. The van der Waals surface area contributed by atoms with Crippen LogP contribution in [0.15, 0.2) is 27.6 Å². The van der Waals surface area contributed by atoms with Gasteiger partial charge in [-0.05, 0) is 51.3 Å². The van der Waals surface area contributed by atoms with Gasteiger partial charge in [0.05, 0.1) is 5.75 Å². The summed E-state index contributed by atoms with van der Waals surface area (Å²) < 4.78 is 0.987. The van der Waals surface area contributed by atoms with Gasteiger partial charge in [0.15, 0.2) is 0 Å². The molecule has 0 aliphatic carbocycles. The molecule has 2 rings (SSSR count). The number of hydrogen-bond donors (Lipinski definition) is 1. The Bertz CT molecular complexity index is 485. The fourth-order valence-electron chi connectivity index (χ4n) is 2.76. The zero-order chi connectivity index (χ0) is 14.7. The Balaban J connectivity index is 1.99. The van der Waals surface area contributed by atoms with Crippen molar-refractivity contribution in [2.45, 2.75) is 50.1 Å². The highest BCUT2D eigenvalue weighted by molar-refractivity contribution is 9.10. The second-order valence-corrected chi connectivity index (χ2v) is 7.33. The smallest absolute Gasteiger partial charge is 0.233 e. The molecule has 5 heteroatoms. The Morgan fingerprint density at radius 2 is 2.05 bits per heavy atom. The van der Waals surface area contributed by atoms with Crippen LogP contribution in [-0.2, 0) is 4.79 Å². The molecule has 1 aliphatic rings. The quantitative estimate of drug-likeness (QED) is 0.659. The number of carbonyl (C=O) groups is 1. The van der Waals surface area contributed by atoms with Crippen LogP contribution in [-0.4, -0.2) is 28.6 Å². The third-order valence-corrected chi connectivity index (χ3v) is 5.36. The molecule has 1 heterocycles. The number of benzene rings is 1. The molecule has 2 atom stereocenters. The molecule has 0 bridgehead atoms. The van der Waals surface area contributed by atoms with Crippen LogP contribution in [0.3, 0.4) is 0 Å². The summed E-state index contributed by atoms with van der Waals surface area (Å²) in [6, 6.07) is 6.45. The first-order chi connectivity index (χ1) is 9.49. The van der Waals surface area contributed by atoms with Crippen molar-refractivity contribution < 1.29 is 4.79 Å². The van der Waals surface area contributed by atoms with Crippen molar-refractivity contribution in [3.05, 3.63) is 22.7 Å². The normalized spacial score (nSPS) is 22.9. The molecule has 0 radical (unpaired) electrons. The first-order valence-electron chi connectivity index (χ1n) is 6.98. The van der Waals surface area contributed by atoms with Gasteiger partial charge < -0.3 is 10.6 Å². The molecule has 1 aromatic rings. The minimum atomic E-state index is 0.217. The van der Waals surface area contributed by atoms with E-state index in [0.717, 1.165) is 27.9 Å². The maximum atomic E-state index is 12.4. The molecule has 0 saturated carbocycles. The first kappa shape index (κ1) is 15.7. The van der Waals surface area contributed by atoms with E-state index in [-0.39, 0.29) is 5.91 Å². The number of hydrogen-bond acceptors (Lipinski definition) is 3. The number of likely N-dealkylation sites (tertiary alicyclic amines) is 1. The van der Waals surface area contributed by atoms with Gasteiger partial charge in [0.25, 0.3) is 0 Å². The standard InChI is InChI=1S/C15H21BrN2OS/c1-10-4-3-5-11(2)18(10)15(19)9-20-14-8-12(16)6-7-13(14)17/h6-8,10-11H,3-5,9,17H2,1-2H3. The lowest BCUT2D eigenvalue weighted by molar-refractivity contribution is -0.134. The average molecular weight is 357 g/mol. The number of nitrogen functional groups attached to an aromatic ring is 1. The molecule has 3 nitrogen and oxygen atoms in total. The van der Waals surface area contributed by atoms with Crippen LogP contribution < -0.4 is 5.73 Å². The lowest BCUT2D eigenvalue weighted by Gasteiger charge is -2.39. The van der Waals surface area contributed by atoms with Gasteiger partial charge in [-0.25, -0.2) is 0 Å². The number of rotatable bonds is 3. The first-order valence-corrected chi connectivity index (χ1v) is 8.76. The number of nitrogens with zero attached hydrogens (tertiary/aromatic N) is 1. The molecule has 1 aliphatic heterocycles. The summed E-state index contributed by atoms with van der Waals surface area (Å²) in [7, 11) is 0. The van der Waals surface area contributed by atoms with E-state index in [0.29, 0.717) is 17.8 Å². The van der Waals surface area contributed by atoms with Crippen molar-refractivity contribution >= 4 is 39.3 Å². The van der Waals surface area contributed by atoms with Crippen LogP contribution in [0.2, 0.25) is 0 Å². The van der Waals surface area contributed by atoms with Crippen LogP contribution in [0.5, 0.6) is 0 Å². The minimum Gasteiger partial charge on any atom is -0.398 e. The van der Waals surface area contributed by atoms with E-state index in [1.165, 1.54) is 18.2 Å². The van der Waals surface area contributed by atoms with Crippen molar-refractivity contribution in [1.82, 2.24) is 4.90 Å². The molecular formula is C15H21BrN2OS. The van der Waals surface area contributed by atoms with Gasteiger partial charge in [-0.15, -0.1) is 11.8 Å². The molecule has 0 spiro atoms. The number of carbonyl (C=O) groups excluding carboxylic acids is 1. The minimum absolute atomic E-state index is 0.217. The van der Waals surface area contributed by atoms with Gasteiger partial charge >= 0.3 is 0 Å². The Morgan fingerprint density at radius 3 is 2.70 bits per heavy atom. The van der Waals surface area contributed by atoms with Crippen molar-refractivity contribution in [3.8, 4) is 0 Å². The SMILES string of the molecule is CC1CCCC(C)N1C(=O)CSc1cc(Br)ccc1N. The molecule has 1 amide bonds. The number of halogens is 1. The van der Waals surface area contributed by atoms with Crippen LogP contribution in [0.1, 0.15) is 33.1 Å². The van der Waals surface area contributed by atoms with Gasteiger partial charge in [-0.2, -0.15) is 0 Å². The largest absolute Gasteiger partial charge is 0.398 e. The highest BCUT2D eigenvalue weighted by Crippen LogP contribution is 2.30. The lowest BCUT2D eigenvalue weighted by atomic mass is 9.98. The highest BCUT2D eigenvalue weighted by Gasteiger charge is 2.28. The van der Waals surface area contributed by atoms with Crippen molar-refractivity contribution in [3.63, 3.8) is 0 Å². The summed E-state index contributed by atoms with van der Waals surface area (Å²) in [5, 5.41) is 0. The molecular weight excluding hydrogens is 336 g/mol. The van der Waals surface area contributed by atoms with Gasteiger partial charge in [0.1, 0.15) is 0 Å². The van der Waals surface area contributed by atoms with Crippen molar-refractivity contribution in [1.29, 1.82) is 0 Å². The third-order valence-electron chi connectivity index (χ3n) is 3.81. The predicted octanol–water partition coefficient (Wildman–Crippen LogP) is 3.91. The summed E-state index contributed by atoms with van der Waals surface area (Å²) in [6.07, 6.45) is 3.44. The summed E-state index contributed by atoms with van der Waals surface area (Å²) in [4.78, 5) is 15.5. The average Bonchev–Trinajstić information content (AvgIpc) is 2.39. The monoisotopic (exact) mass is 356 g/mol. The lowest BCUT2D eigenvalue weighted by Crippen LogP contribution is -2.48. The van der Waals surface area contributed by atoms with E-state index in [1.807, 2.05) is 23.1 Å². The molecule has 110 valence electrons. The van der Waals surface area contributed by atoms with Crippen molar-refractivity contribution in [2.75, 3.05) is 11.5 Å². The van der Waals surface area contributed by atoms with Crippen LogP contribution in [0, 0.1) is 0 Å². The predicted molar refractivity (Wildman–Crippen MR) is 88.9 cm³/mol. The molecule has 1 fully saturated rings. The molecule has 0 aromatic heterocycles. The third kappa shape index (κ3) is 3.70. The summed E-state index contributed by atoms with van der Waals surface area (Å²) in [6.45, 7) is 4.29. The van der Waals surface area contributed by atoms with Gasteiger partial charge in [0, 0.05) is 27.1 Å². The van der Waals surface area contributed by atoms with Crippen LogP contribution >= 0.6 is 27.7 Å². The Kier molecular flexibility index (Phi) is 5.38. The second-order valence-electron chi connectivity index (χ2n) is 5.40. The number of thioether (sulfide) groups is 1. The van der Waals surface area contributed by atoms with Gasteiger partial charge in [-0.3, -0.25) is 4.79 Å². The van der Waals surface area contributed by atoms with Crippen LogP contribution in [0.4, 0.5) is 5.69 Å². The van der Waals surface area contributed by atoms with E-state index in [9.17, 15) is 4.79 Å². The van der Waals surface area contributed by atoms with E-state index in [4.69, 9.17) is 5.73 Å². The topological polar surface area (TPSA) is 46.3 Å². The maximum absolute atomic E-state index is 12.4. The van der Waals surface area contributed by atoms with Crippen molar-refractivity contribution in [2.24, 2.45) is 0 Å². The summed E-state index contributed by atoms with van der Waals surface area (Å²) in [5.41, 5.74) is 6.67. The molecule has 1 aromatic carbocycles. The van der Waals surface area contributed by atoms with E-state index in [2.05, 4.69) is 29.8 Å². The van der Waals surface area contributed by atoms with Gasteiger partial charge in [0.2, 0.25) is 5.91 Å². The van der Waals surface area contributed by atoms with E-state index < -0.39 is 0 Å².